The van der Waals surface area contributed by atoms with Crippen LogP contribution in [0.1, 0.15) is 40.5 Å². The average molecular weight is 391 g/mol. The summed E-state index contributed by atoms with van der Waals surface area (Å²) < 4.78 is 10.6. The van der Waals surface area contributed by atoms with Crippen LogP contribution in [0.25, 0.3) is 0 Å². The molecule has 2 heterocycles. The Morgan fingerprint density at radius 1 is 1.10 bits per heavy atom. The molecule has 0 saturated carbocycles. The molecule has 2 aromatic carbocycles. The van der Waals surface area contributed by atoms with Crippen LogP contribution in [0, 0.1) is 5.92 Å². The zero-order valence-electron chi connectivity index (χ0n) is 16.6. The van der Waals surface area contributed by atoms with Crippen molar-refractivity contribution in [2.75, 3.05) is 20.2 Å². The Kier molecular flexibility index (Phi) is 6.00. The van der Waals surface area contributed by atoms with E-state index in [1.165, 1.54) is 0 Å². The Bertz CT molecular complexity index is 930. The molecule has 1 aromatic heterocycles. The zero-order chi connectivity index (χ0) is 20.1. The fourth-order valence-corrected chi connectivity index (χ4v) is 3.74. The highest BCUT2D eigenvalue weighted by atomic mass is 16.5. The van der Waals surface area contributed by atoms with Crippen LogP contribution in [-0.2, 0) is 13.0 Å². The van der Waals surface area contributed by atoms with Crippen molar-refractivity contribution in [1.82, 2.24) is 15.0 Å². The molecule has 3 aromatic rings. The fraction of sp³-hybridized carbons (Fsp3) is 0.348. The minimum absolute atomic E-state index is 0.0657. The minimum atomic E-state index is 0.0657. The summed E-state index contributed by atoms with van der Waals surface area (Å²) in [7, 11) is 1.63. The third-order valence-corrected chi connectivity index (χ3v) is 5.41. The Labute approximate surface area is 170 Å². The number of ether oxygens (including phenoxy) is 1. The number of benzene rings is 2. The largest absolute Gasteiger partial charge is 0.497 e. The van der Waals surface area contributed by atoms with Crippen molar-refractivity contribution >= 4 is 5.78 Å². The van der Waals surface area contributed by atoms with Gasteiger partial charge in [0.1, 0.15) is 5.75 Å². The molecule has 1 aliphatic rings. The third kappa shape index (κ3) is 4.90. The quantitative estimate of drug-likeness (QED) is 0.571. The lowest BCUT2D eigenvalue weighted by Crippen LogP contribution is -2.36. The maximum atomic E-state index is 12.7. The van der Waals surface area contributed by atoms with Crippen LogP contribution in [0.2, 0.25) is 0 Å². The number of hydrogen-bond donors (Lipinski definition) is 0. The maximum Gasteiger partial charge on any atom is 0.240 e. The van der Waals surface area contributed by atoms with Gasteiger partial charge >= 0.3 is 0 Å². The second-order valence-electron chi connectivity index (χ2n) is 7.41. The predicted molar refractivity (Wildman–Crippen MR) is 109 cm³/mol. The van der Waals surface area contributed by atoms with Gasteiger partial charge in [0.15, 0.2) is 11.6 Å². The van der Waals surface area contributed by atoms with E-state index < -0.39 is 0 Å². The van der Waals surface area contributed by atoms with E-state index in [4.69, 9.17) is 9.26 Å². The number of aromatic nitrogens is 2. The summed E-state index contributed by atoms with van der Waals surface area (Å²) >= 11 is 0. The molecule has 1 saturated heterocycles. The first kappa shape index (κ1) is 19.3. The minimum Gasteiger partial charge on any atom is -0.497 e. The number of rotatable bonds is 7. The van der Waals surface area contributed by atoms with Crippen molar-refractivity contribution in [1.29, 1.82) is 0 Å². The van der Waals surface area contributed by atoms with Gasteiger partial charge in [0.25, 0.3) is 0 Å². The second-order valence-corrected chi connectivity index (χ2v) is 7.41. The van der Waals surface area contributed by atoms with Crippen LogP contribution >= 0.6 is 0 Å². The lowest BCUT2D eigenvalue weighted by molar-refractivity contribution is 0.0825. The van der Waals surface area contributed by atoms with E-state index in [1.54, 1.807) is 7.11 Å². The first-order chi connectivity index (χ1) is 14.2. The standard InChI is InChI=1S/C23H25N3O3/c1-28-20-9-7-18(8-10-20)23(27)19-11-13-26(14-12-19)16-22-24-21(25-29-22)15-17-5-3-2-4-6-17/h2-10,19H,11-16H2,1H3. The summed E-state index contributed by atoms with van der Waals surface area (Å²) in [4.78, 5) is 19.5. The maximum absolute atomic E-state index is 12.7. The fourth-order valence-electron chi connectivity index (χ4n) is 3.74. The molecule has 0 bridgehead atoms. The van der Waals surface area contributed by atoms with Crippen molar-refractivity contribution in [3.63, 3.8) is 0 Å². The van der Waals surface area contributed by atoms with Crippen molar-refractivity contribution in [2.24, 2.45) is 5.92 Å². The molecule has 1 fully saturated rings. The molecule has 6 nitrogen and oxygen atoms in total. The number of carbonyl (C=O) groups is 1. The molecule has 6 heteroatoms. The van der Waals surface area contributed by atoms with Crippen LogP contribution in [0.4, 0.5) is 0 Å². The predicted octanol–water partition coefficient (Wildman–Crippen LogP) is 3.76. The van der Waals surface area contributed by atoms with Crippen LogP contribution in [0.15, 0.2) is 59.1 Å². The molecule has 0 radical (unpaired) electrons. The number of ketones is 1. The molecule has 29 heavy (non-hydrogen) atoms. The molecular formula is C23H25N3O3. The topological polar surface area (TPSA) is 68.5 Å². The van der Waals surface area contributed by atoms with Crippen LogP contribution in [0.3, 0.4) is 0 Å². The third-order valence-electron chi connectivity index (χ3n) is 5.41. The number of methoxy groups -OCH3 is 1. The van der Waals surface area contributed by atoms with Gasteiger partial charge in [-0.15, -0.1) is 0 Å². The molecule has 0 N–H and O–H groups in total. The molecular weight excluding hydrogens is 366 g/mol. The normalized spacial score (nSPS) is 15.3. The van der Waals surface area contributed by atoms with Gasteiger partial charge < -0.3 is 9.26 Å². The number of carbonyl (C=O) groups excluding carboxylic acids is 1. The van der Waals surface area contributed by atoms with E-state index in [0.717, 1.165) is 42.8 Å². The van der Waals surface area contributed by atoms with E-state index in [0.29, 0.717) is 24.7 Å². The molecule has 0 atom stereocenters. The van der Waals surface area contributed by atoms with E-state index in [2.05, 4.69) is 27.2 Å². The lowest BCUT2D eigenvalue weighted by atomic mass is 9.89. The summed E-state index contributed by atoms with van der Waals surface area (Å²) in [6.07, 6.45) is 2.36. The van der Waals surface area contributed by atoms with E-state index >= 15 is 0 Å². The molecule has 0 aliphatic carbocycles. The van der Waals surface area contributed by atoms with Crippen molar-refractivity contribution in [3.05, 3.63) is 77.4 Å². The van der Waals surface area contributed by atoms with Crippen LogP contribution < -0.4 is 4.74 Å². The Morgan fingerprint density at radius 2 is 1.83 bits per heavy atom. The van der Waals surface area contributed by atoms with E-state index in [1.807, 2.05) is 42.5 Å². The Morgan fingerprint density at radius 3 is 2.52 bits per heavy atom. The molecule has 0 unspecified atom stereocenters. The molecule has 150 valence electrons. The van der Waals surface area contributed by atoms with Crippen molar-refractivity contribution in [2.45, 2.75) is 25.8 Å². The summed E-state index contributed by atoms with van der Waals surface area (Å²) in [5, 5.41) is 4.10. The first-order valence-electron chi connectivity index (χ1n) is 9.97. The summed E-state index contributed by atoms with van der Waals surface area (Å²) in [5.74, 6) is 2.39. The van der Waals surface area contributed by atoms with Gasteiger partial charge in [-0.1, -0.05) is 35.5 Å². The Hall–Kier alpha value is -2.99. The summed E-state index contributed by atoms with van der Waals surface area (Å²) in [5.41, 5.74) is 1.92. The first-order valence-corrected chi connectivity index (χ1v) is 9.97. The summed E-state index contributed by atoms with van der Waals surface area (Å²) in [6.45, 7) is 2.33. The molecule has 1 aliphatic heterocycles. The molecule has 0 spiro atoms. The number of nitrogens with zero attached hydrogens (tertiary/aromatic N) is 3. The van der Waals surface area contributed by atoms with Gasteiger partial charge in [0.2, 0.25) is 5.89 Å². The van der Waals surface area contributed by atoms with Gasteiger partial charge in [-0.3, -0.25) is 9.69 Å². The van der Waals surface area contributed by atoms with Gasteiger partial charge in [-0.2, -0.15) is 4.98 Å². The highest BCUT2D eigenvalue weighted by molar-refractivity contribution is 5.98. The Balaban J connectivity index is 1.28. The number of hydrogen-bond acceptors (Lipinski definition) is 6. The van der Waals surface area contributed by atoms with Gasteiger partial charge in [0.05, 0.1) is 13.7 Å². The van der Waals surface area contributed by atoms with Crippen LogP contribution in [0.5, 0.6) is 5.75 Å². The SMILES string of the molecule is COc1ccc(C(=O)C2CCN(Cc3nc(Cc4ccccc4)no3)CC2)cc1. The monoisotopic (exact) mass is 391 g/mol. The smallest absolute Gasteiger partial charge is 0.240 e. The summed E-state index contributed by atoms with van der Waals surface area (Å²) in [6, 6.07) is 17.5. The zero-order valence-corrected chi connectivity index (χ0v) is 16.6. The highest BCUT2D eigenvalue weighted by Crippen LogP contribution is 2.24. The second kappa shape index (κ2) is 9.01. The average Bonchev–Trinajstić information content (AvgIpc) is 3.21. The lowest BCUT2D eigenvalue weighted by Gasteiger charge is -2.30. The number of likely N-dealkylation sites (tertiary alicyclic amines) is 1. The van der Waals surface area contributed by atoms with Crippen LogP contribution in [-0.4, -0.2) is 41.0 Å². The van der Waals surface area contributed by atoms with Gasteiger partial charge in [-0.05, 0) is 55.8 Å². The van der Waals surface area contributed by atoms with E-state index in [-0.39, 0.29) is 11.7 Å². The number of piperidine rings is 1. The number of Topliss-reactive ketones (excluding diaryl/α,β-unsaturated/α-hetero) is 1. The van der Waals surface area contributed by atoms with Crippen molar-refractivity contribution in [3.8, 4) is 5.75 Å². The van der Waals surface area contributed by atoms with E-state index in [9.17, 15) is 4.79 Å². The molecule has 4 rings (SSSR count). The highest BCUT2D eigenvalue weighted by Gasteiger charge is 2.26. The van der Waals surface area contributed by atoms with Gasteiger partial charge in [-0.25, -0.2) is 0 Å². The molecule has 0 amide bonds. The van der Waals surface area contributed by atoms with Gasteiger partial charge in [0, 0.05) is 17.9 Å². The van der Waals surface area contributed by atoms with Crippen molar-refractivity contribution < 1.29 is 14.1 Å².